The molecule has 2 N–H and O–H groups in total. The molecule has 8 nitrogen and oxygen atoms in total. The molecule has 0 aliphatic rings. The number of aryl methyl sites for hydroxylation is 1. The largest absolute Gasteiger partial charge is 0.273 e. The second-order valence-corrected chi connectivity index (χ2v) is 8.24. The monoisotopic (exact) mass is 391 g/mol. The Hall–Kier alpha value is -2.78. The fraction of sp³-hybridized carbons (Fsp3) is 0.278. The summed E-state index contributed by atoms with van der Waals surface area (Å²) in [6, 6.07) is 10.4. The second-order valence-electron chi connectivity index (χ2n) is 6.56. The van der Waals surface area contributed by atoms with E-state index in [1.54, 1.807) is 12.1 Å². The minimum Gasteiger partial charge on any atom is -0.273 e. The van der Waals surface area contributed by atoms with E-state index in [4.69, 9.17) is 0 Å². The van der Waals surface area contributed by atoms with Gasteiger partial charge >= 0.3 is 0 Å². The van der Waals surface area contributed by atoms with Gasteiger partial charge in [0.25, 0.3) is 21.6 Å². The molecule has 0 unspecified atom stereocenters. The van der Waals surface area contributed by atoms with Crippen molar-refractivity contribution in [3.8, 4) is 0 Å². The number of rotatable bonds is 7. The van der Waals surface area contributed by atoms with Gasteiger partial charge in [0.2, 0.25) is 0 Å². The SMILES string of the molecule is Cc1ccc(S(=O)(=O)NNC(=O)c2ccc(CC(C)C)cc2)cc1[N+](=O)[O-]. The molecule has 0 saturated carbocycles. The fourth-order valence-corrected chi connectivity index (χ4v) is 3.32. The van der Waals surface area contributed by atoms with Gasteiger partial charge in [-0.25, -0.2) is 8.42 Å². The third-order valence-electron chi connectivity index (χ3n) is 3.85. The zero-order valence-corrected chi connectivity index (χ0v) is 16.0. The van der Waals surface area contributed by atoms with Crippen molar-refractivity contribution < 1.29 is 18.1 Å². The first-order valence-corrected chi connectivity index (χ1v) is 9.74. The summed E-state index contributed by atoms with van der Waals surface area (Å²) in [6.07, 6.45) is 0.876. The average molecular weight is 391 g/mol. The van der Waals surface area contributed by atoms with E-state index in [1.165, 1.54) is 19.1 Å². The number of hydrazine groups is 1. The van der Waals surface area contributed by atoms with Crippen molar-refractivity contribution in [2.75, 3.05) is 0 Å². The molecule has 2 rings (SSSR count). The molecule has 0 fully saturated rings. The number of benzene rings is 2. The maximum Gasteiger partial charge on any atom is 0.273 e. The van der Waals surface area contributed by atoms with Crippen LogP contribution in [0.25, 0.3) is 0 Å². The first-order chi connectivity index (χ1) is 12.6. The number of nitro groups is 1. The van der Waals surface area contributed by atoms with Crippen molar-refractivity contribution in [2.24, 2.45) is 5.92 Å². The Morgan fingerprint density at radius 1 is 1.15 bits per heavy atom. The number of nitrogens with one attached hydrogen (secondary N) is 2. The molecule has 144 valence electrons. The van der Waals surface area contributed by atoms with E-state index in [2.05, 4.69) is 19.3 Å². The van der Waals surface area contributed by atoms with E-state index in [0.29, 0.717) is 17.0 Å². The number of hydrogen-bond acceptors (Lipinski definition) is 5. The van der Waals surface area contributed by atoms with Gasteiger partial charge < -0.3 is 0 Å². The predicted octanol–water partition coefficient (Wildman–Crippen LogP) is 2.73. The third kappa shape index (κ3) is 5.35. The van der Waals surface area contributed by atoms with E-state index in [0.717, 1.165) is 18.1 Å². The lowest BCUT2D eigenvalue weighted by Crippen LogP contribution is -2.41. The number of carbonyl (C=O) groups excluding carboxylic acids is 1. The highest BCUT2D eigenvalue weighted by molar-refractivity contribution is 7.89. The smallest absolute Gasteiger partial charge is 0.273 e. The van der Waals surface area contributed by atoms with Crippen LogP contribution in [0.4, 0.5) is 5.69 Å². The van der Waals surface area contributed by atoms with Gasteiger partial charge in [-0.2, -0.15) is 0 Å². The van der Waals surface area contributed by atoms with E-state index in [1.807, 2.05) is 17.0 Å². The minimum atomic E-state index is -4.15. The normalized spacial score (nSPS) is 11.4. The molecule has 9 heteroatoms. The van der Waals surface area contributed by atoms with Crippen LogP contribution >= 0.6 is 0 Å². The Labute approximate surface area is 157 Å². The van der Waals surface area contributed by atoms with Crippen LogP contribution in [0.5, 0.6) is 0 Å². The third-order valence-corrected chi connectivity index (χ3v) is 5.09. The summed E-state index contributed by atoms with van der Waals surface area (Å²) in [5, 5.41) is 11.0. The van der Waals surface area contributed by atoms with Crippen LogP contribution in [0.2, 0.25) is 0 Å². The molecular weight excluding hydrogens is 370 g/mol. The highest BCUT2D eigenvalue weighted by Crippen LogP contribution is 2.21. The van der Waals surface area contributed by atoms with Gasteiger partial charge in [-0.1, -0.05) is 32.0 Å². The zero-order chi connectivity index (χ0) is 20.2. The Bertz CT molecular complexity index is 953. The van der Waals surface area contributed by atoms with Crippen LogP contribution in [0.3, 0.4) is 0 Å². The van der Waals surface area contributed by atoms with Crippen molar-refractivity contribution in [2.45, 2.75) is 32.1 Å². The number of carbonyl (C=O) groups is 1. The van der Waals surface area contributed by atoms with Crippen LogP contribution < -0.4 is 10.3 Å². The molecule has 0 bridgehead atoms. The molecule has 0 aromatic heterocycles. The maximum atomic E-state index is 12.3. The van der Waals surface area contributed by atoms with E-state index in [-0.39, 0.29) is 10.6 Å². The van der Waals surface area contributed by atoms with Gasteiger partial charge in [-0.05, 0) is 43.0 Å². The van der Waals surface area contributed by atoms with Crippen molar-refractivity contribution in [1.29, 1.82) is 0 Å². The molecule has 0 aliphatic heterocycles. The number of nitrogens with zero attached hydrogens (tertiary/aromatic N) is 1. The van der Waals surface area contributed by atoms with E-state index in [9.17, 15) is 23.3 Å². The molecule has 0 spiro atoms. The summed E-state index contributed by atoms with van der Waals surface area (Å²) in [5.41, 5.74) is 3.51. The van der Waals surface area contributed by atoms with Crippen molar-refractivity contribution in [3.05, 3.63) is 69.3 Å². The van der Waals surface area contributed by atoms with Gasteiger partial charge in [-0.3, -0.25) is 20.3 Å². The van der Waals surface area contributed by atoms with E-state index >= 15 is 0 Å². The standard InChI is InChI=1S/C18H21N3O5S/c1-12(2)10-14-5-7-15(8-6-14)18(22)19-20-27(25,26)16-9-4-13(3)17(11-16)21(23)24/h4-9,11-12,20H,10H2,1-3H3,(H,19,22). The lowest BCUT2D eigenvalue weighted by molar-refractivity contribution is -0.385. The molecule has 0 heterocycles. The Morgan fingerprint density at radius 3 is 2.33 bits per heavy atom. The second kappa shape index (κ2) is 8.28. The van der Waals surface area contributed by atoms with Crippen LogP contribution in [0.15, 0.2) is 47.4 Å². The van der Waals surface area contributed by atoms with Crippen LogP contribution in [0.1, 0.15) is 35.3 Å². The van der Waals surface area contributed by atoms with Crippen LogP contribution in [-0.2, 0) is 16.4 Å². The zero-order valence-electron chi connectivity index (χ0n) is 15.2. The van der Waals surface area contributed by atoms with Gasteiger partial charge in [0.1, 0.15) is 0 Å². The molecule has 1 amide bonds. The Kier molecular flexibility index (Phi) is 6.29. The van der Waals surface area contributed by atoms with Crippen LogP contribution in [0, 0.1) is 23.0 Å². The fourth-order valence-electron chi connectivity index (χ4n) is 2.46. The molecule has 0 aliphatic carbocycles. The maximum absolute atomic E-state index is 12.3. The number of amides is 1. The van der Waals surface area contributed by atoms with Gasteiger partial charge in [0, 0.05) is 17.2 Å². The van der Waals surface area contributed by atoms with Crippen molar-refractivity contribution in [1.82, 2.24) is 10.3 Å². The quantitative estimate of drug-likeness (QED) is 0.556. The number of sulfonamides is 1. The van der Waals surface area contributed by atoms with Crippen LogP contribution in [-0.4, -0.2) is 19.2 Å². The number of hydrogen-bond donors (Lipinski definition) is 2. The molecule has 0 saturated heterocycles. The summed E-state index contributed by atoms with van der Waals surface area (Å²) in [4.78, 5) is 24.1. The molecule has 27 heavy (non-hydrogen) atoms. The topological polar surface area (TPSA) is 118 Å². The molecular formula is C18H21N3O5S. The summed E-state index contributed by atoms with van der Waals surface area (Å²) in [7, 11) is -4.15. The molecule has 2 aromatic carbocycles. The number of nitro benzene ring substituents is 1. The van der Waals surface area contributed by atoms with Gasteiger partial charge in [0.05, 0.1) is 9.82 Å². The summed E-state index contributed by atoms with van der Waals surface area (Å²) >= 11 is 0. The van der Waals surface area contributed by atoms with E-state index < -0.39 is 20.9 Å². The first kappa shape index (κ1) is 20.5. The molecule has 2 aromatic rings. The van der Waals surface area contributed by atoms with Crippen molar-refractivity contribution >= 4 is 21.6 Å². The minimum absolute atomic E-state index is 0.292. The lowest BCUT2D eigenvalue weighted by Gasteiger charge is -2.10. The summed E-state index contributed by atoms with van der Waals surface area (Å²) in [6.45, 7) is 5.68. The van der Waals surface area contributed by atoms with Crippen molar-refractivity contribution in [3.63, 3.8) is 0 Å². The summed E-state index contributed by atoms with van der Waals surface area (Å²) < 4.78 is 24.6. The Balaban J connectivity index is 2.09. The molecule has 0 atom stereocenters. The molecule has 0 radical (unpaired) electrons. The lowest BCUT2D eigenvalue weighted by atomic mass is 10.0. The highest BCUT2D eigenvalue weighted by atomic mass is 32.2. The first-order valence-electron chi connectivity index (χ1n) is 8.26. The van der Waals surface area contributed by atoms with Gasteiger partial charge in [0.15, 0.2) is 0 Å². The average Bonchev–Trinajstić information content (AvgIpc) is 2.60. The predicted molar refractivity (Wildman–Crippen MR) is 101 cm³/mol. The highest BCUT2D eigenvalue weighted by Gasteiger charge is 2.20. The van der Waals surface area contributed by atoms with Gasteiger partial charge in [-0.15, -0.1) is 4.83 Å². The Morgan fingerprint density at radius 2 is 1.78 bits per heavy atom. The summed E-state index contributed by atoms with van der Waals surface area (Å²) in [5.74, 6) is -0.147.